The maximum absolute atomic E-state index is 12.6. The van der Waals surface area contributed by atoms with Crippen molar-refractivity contribution >= 4 is 23.0 Å². The van der Waals surface area contributed by atoms with Gasteiger partial charge in [-0.1, -0.05) is 24.3 Å². The van der Waals surface area contributed by atoms with Crippen LogP contribution in [-0.4, -0.2) is 43.2 Å². The molecule has 7 nitrogen and oxygen atoms in total. The molecule has 1 aromatic heterocycles. The van der Waals surface area contributed by atoms with E-state index in [4.69, 9.17) is 13.9 Å². The number of rotatable bonds is 4. The smallest absolute Gasteiger partial charge is 0.298 e. The molecule has 1 unspecified atom stereocenters. The maximum Gasteiger partial charge on any atom is 0.298 e. The number of anilines is 1. The third-order valence-electron chi connectivity index (χ3n) is 5.49. The largest absolute Gasteiger partial charge is 0.486 e. The number of piperidine rings is 1. The van der Waals surface area contributed by atoms with Crippen LogP contribution in [0.25, 0.3) is 11.1 Å². The van der Waals surface area contributed by atoms with Crippen molar-refractivity contribution in [1.29, 1.82) is 0 Å². The molecule has 2 aromatic carbocycles. The van der Waals surface area contributed by atoms with Crippen LogP contribution in [0.1, 0.15) is 12.8 Å². The highest BCUT2D eigenvalue weighted by atomic mass is 16.6. The molecule has 1 amide bonds. The average molecular weight is 393 g/mol. The van der Waals surface area contributed by atoms with E-state index < -0.39 is 0 Å². The molecule has 29 heavy (non-hydrogen) atoms. The van der Waals surface area contributed by atoms with Gasteiger partial charge in [0.1, 0.15) is 18.2 Å². The number of amides is 1. The fourth-order valence-electron chi connectivity index (χ4n) is 3.85. The van der Waals surface area contributed by atoms with Gasteiger partial charge in [-0.25, -0.2) is 0 Å². The van der Waals surface area contributed by atoms with E-state index in [0.29, 0.717) is 19.2 Å². The van der Waals surface area contributed by atoms with Crippen molar-refractivity contribution in [2.45, 2.75) is 18.9 Å². The number of ether oxygens (including phenoxy) is 2. The lowest BCUT2D eigenvalue weighted by Gasteiger charge is -2.31. The quantitative estimate of drug-likeness (QED) is 0.734. The summed E-state index contributed by atoms with van der Waals surface area (Å²) in [4.78, 5) is 19.3. The van der Waals surface area contributed by atoms with Gasteiger partial charge in [0.2, 0.25) is 5.91 Å². The van der Waals surface area contributed by atoms with Crippen molar-refractivity contribution in [3.8, 4) is 11.5 Å². The molecule has 0 bridgehead atoms. The summed E-state index contributed by atoms with van der Waals surface area (Å²) in [6.07, 6.45) is 1.37. The molecule has 2 aliphatic heterocycles. The fourth-order valence-corrected chi connectivity index (χ4v) is 3.85. The van der Waals surface area contributed by atoms with Gasteiger partial charge in [0, 0.05) is 19.0 Å². The van der Waals surface area contributed by atoms with Crippen LogP contribution < -0.4 is 19.7 Å². The first-order valence-electron chi connectivity index (χ1n) is 10.0. The van der Waals surface area contributed by atoms with Gasteiger partial charge in [0.15, 0.2) is 17.1 Å². The molecule has 0 spiro atoms. The summed E-state index contributed by atoms with van der Waals surface area (Å²) in [6, 6.07) is 16.0. The first kappa shape index (κ1) is 17.8. The summed E-state index contributed by atoms with van der Waals surface area (Å²) in [5.41, 5.74) is 1.65. The summed E-state index contributed by atoms with van der Waals surface area (Å²) >= 11 is 0. The van der Waals surface area contributed by atoms with E-state index in [9.17, 15) is 4.79 Å². The van der Waals surface area contributed by atoms with Gasteiger partial charge < -0.3 is 24.1 Å². The van der Waals surface area contributed by atoms with E-state index in [1.165, 1.54) is 0 Å². The van der Waals surface area contributed by atoms with Crippen LogP contribution >= 0.6 is 0 Å². The maximum atomic E-state index is 12.6. The van der Waals surface area contributed by atoms with Gasteiger partial charge in [-0.15, -0.1) is 0 Å². The highest BCUT2D eigenvalue weighted by Crippen LogP contribution is 2.31. The molecule has 0 aliphatic carbocycles. The lowest BCUT2D eigenvalue weighted by molar-refractivity contribution is -0.126. The Morgan fingerprint density at radius 3 is 2.66 bits per heavy atom. The molecular formula is C22H23N3O4. The summed E-state index contributed by atoms with van der Waals surface area (Å²) in [6.45, 7) is 2.38. The molecule has 1 fully saturated rings. The van der Waals surface area contributed by atoms with Gasteiger partial charge in [0.05, 0.1) is 6.54 Å². The SMILES string of the molecule is O=C(NCC1COc2ccccc2O1)C1CCN(c2nc3ccccc3o2)CC1. The molecule has 1 saturated heterocycles. The zero-order chi connectivity index (χ0) is 19.6. The highest BCUT2D eigenvalue weighted by Gasteiger charge is 2.28. The van der Waals surface area contributed by atoms with Crippen LogP contribution in [0, 0.1) is 5.92 Å². The third kappa shape index (κ3) is 3.72. The second kappa shape index (κ2) is 7.66. The summed E-state index contributed by atoms with van der Waals surface area (Å²) in [5.74, 6) is 1.54. The van der Waals surface area contributed by atoms with Gasteiger partial charge >= 0.3 is 0 Å². The lowest BCUT2D eigenvalue weighted by Crippen LogP contribution is -2.45. The van der Waals surface area contributed by atoms with Crippen molar-refractivity contribution < 1.29 is 18.7 Å². The Labute approximate surface area is 168 Å². The van der Waals surface area contributed by atoms with Gasteiger partial charge in [-0.3, -0.25) is 4.79 Å². The van der Waals surface area contributed by atoms with Crippen LogP contribution in [-0.2, 0) is 4.79 Å². The van der Waals surface area contributed by atoms with Crippen molar-refractivity contribution in [2.75, 3.05) is 31.1 Å². The van der Waals surface area contributed by atoms with Gasteiger partial charge in [0.25, 0.3) is 6.01 Å². The number of nitrogens with zero attached hydrogens (tertiary/aromatic N) is 2. The van der Waals surface area contributed by atoms with Crippen LogP contribution in [0.4, 0.5) is 6.01 Å². The number of carbonyl (C=O) groups excluding carboxylic acids is 1. The molecular weight excluding hydrogens is 370 g/mol. The second-order valence-electron chi connectivity index (χ2n) is 7.47. The van der Waals surface area contributed by atoms with Crippen molar-refractivity contribution in [1.82, 2.24) is 10.3 Å². The van der Waals surface area contributed by atoms with Crippen LogP contribution in [0.15, 0.2) is 52.9 Å². The number of fused-ring (bicyclic) bond motifs is 2. The monoisotopic (exact) mass is 393 g/mol. The van der Waals surface area contributed by atoms with E-state index in [0.717, 1.165) is 48.5 Å². The molecule has 1 N–H and O–H groups in total. The van der Waals surface area contributed by atoms with Gasteiger partial charge in [-0.05, 0) is 37.1 Å². The standard InChI is InChI=1S/C22H23N3O4/c26-21(23-13-16-14-27-19-7-3-4-8-20(19)28-16)15-9-11-25(12-10-15)22-24-17-5-1-2-6-18(17)29-22/h1-8,15-16H,9-14H2,(H,23,26). The van der Waals surface area contributed by atoms with Crippen molar-refractivity contribution in [2.24, 2.45) is 5.92 Å². The second-order valence-corrected chi connectivity index (χ2v) is 7.47. The van der Waals surface area contributed by atoms with E-state index in [1.54, 1.807) is 0 Å². The minimum atomic E-state index is -0.173. The minimum absolute atomic E-state index is 0.00702. The molecule has 0 radical (unpaired) electrons. The Hall–Kier alpha value is -3.22. The Balaban J connectivity index is 1.12. The van der Waals surface area contributed by atoms with Crippen molar-refractivity contribution in [3.05, 3.63) is 48.5 Å². The molecule has 7 heteroatoms. The van der Waals surface area contributed by atoms with Crippen LogP contribution in [0.5, 0.6) is 11.5 Å². The zero-order valence-corrected chi connectivity index (χ0v) is 16.0. The predicted octanol–water partition coefficient (Wildman–Crippen LogP) is 3.00. The number of oxazole rings is 1. The van der Waals surface area contributed by atoms with E-state index in [1.807, 2.05) is 48.5 Å². The number of benzene rings is 2. The topological polar surface area (TPSA) is 76.8 Å². The van der Waals surface area contributed by atoms with Gasteiger partial charge in [-0.2, -0.15) is 4.98 Å². The Bertz CT molecular complexity index is 977. The Morgan fingerprint density at radius 2 is 1.83 bits per heavy atom. The Morgan fingerprint density at radius 1 is 1.07 bits per heavy atom. The summed E-state index contributed by atoms with van der Waals surface area (Å²) < 4.78 is 17.4. The van der Waals surface area contributed by atoms with E-state index in [2.05, 4.69) is 15.2 Å². The number of carbonyl (C=O) groups is 1. The molecule has 3 aromatic rings. The highest BCUT2D eigenvalue weighted by molar-refractivity contribution is 5.79. The van der Waals surface area contributed by atoms with Crippen LogP contribution in [0.3, 0.4) is 0 Å². The number of hydrogen-bond acceptors (Lipinski definition) is 6. The number of para-hydroxylation sites is 4. The van der Waals surface area contributed by atoms with E-state index >= 15 is 0 Å². The fraction of sp³-hybridized carbons (Fsp3) is 0.364. The first-order chi connectivity index (χ1) is 14.3. The lowest BCUT2D eigenvalue weighted by atomic mass is 9.96. The van der Waals surface area contributed by atoms with Crippen LogP contribution in [0.2, 0.25) is 0 Å². The van der Waals surface area contributed by atoms with E-state index in [-0.39, 0.29) is 17.9 Å². The average Bonchev–Trinajstić information content (AvgIpc) is 3.22. The third-order valence-corrected chi connectivity index (χ3v) is 5.49. The summed E-state index contributed by atoms with van der Waals surface area (Å²) in [7, 11) is 0. The Kier molecular flexibility index (Phi) is 4.71. The normalized spacial score (nSPS) is 19.3. The number of nitrogens with one attached hydrogen (secondary N) is 1. The predicted molar refractivity (Wildman–Crippen MR) is 108 cm³/mol. The molecule has 1 atom stereocenters. The first-order valence-corrected chi connectivity index (χ1v) is 10.0. The number of aromatic nitrogens is 1. The minimum Gasteiger partial charge on any atom is -0.486 e. The van der Waals surface area contributed by atoms with Crippen molar-refractivity contribution in [3.63, 3.8) is 0 Å². The molecule has 150 valence electrons. The molecule has 5 rings (SSSR count). The molecule has 3 heterocycles. The molecule has 2 aliphatic rings. The summed E-state index contributed by atoms with van der Waals surface area (Å²) in [5, 5.41) is 3.03. The zero-order valence-electron chi connectivity index (χ0n) is 16.0. The number of hydrogen-bond donors (Lipinski definition) is 1. The molecule has 0 saturated carbocycles.